The second-order valence-corrected chi connectivity index (χ2v) is 5.59. The number of anilines is 1. The van der Waals surface area contributed by atoms with Crippen molar-refractivity contribution in [2.45, 2.75) is 13.3 Å². The first kappa shape index (κ1) is 16.6. The molecule has 2 aromatic carbocycles. The summed E-state index contributed by atoms with van der Waals surface area (Å²) in [6, 6.07) is 16.8. The normalized spacial score (nSPS) is 10.3. The van der Waals surface area contributed by atoms with E-state index in [-0.39, 0.29) is 11.7 Å². The molecule has 0 aliphatic heterocycles. The molecule has 0 aliphatic rings. The molecule has 1 aromatic heterocycles. The summed E-state index contributed by atoms with van der Waals surface area (Å²) in [5, 5.41) is 2.81. The van der Waals surface area contributed by atoms with E-state index in [1.807, 2.05) is 31.2 Å². The summed E-state index contributed by atoms with van der Waals surface area (Å²) < 4.78 is 18.4. The quantitative estimate of drug-likeness (QED) is 0.746. The number of rotatable bonds is 5. The Balaban J connectivity index is 1.59. The highest BCUT2D eigenvalue weighted by molar-refractivity contribution is 5.92. The number of aromatic nitrogens is 1. The van der Waals surface area contributed by atoms with Crippen molar-refractivity contribution in [3.63, 3.8) is 0 Å². The molecule has 126 valence electrons. The lowest BCUT2D eigenvalue weighted by atomic mass is 10.1. The van der Waals surface area contributed by atoms with Gasteiger partial charge in [0.1, 0.15) is 11.6 Å². The Morgan fingerprint density at radius 2 is 1.84 bits per heavy atom. The van der Waals surface area contributed by atoms with Gasteiger partial charge in [-0.25, -0.2) is 9.37 Å². The van der Waals surface area contributed by atoms with Crippen molar-refractivity contribution in [2.75, 3.05) is 5.32 Å². The van der Waals surface area contributed by atoms with Crippen molar-refractivity contribution in [1.29, 1.82) is 0 Å². The molecule has 0 unspecified atom stereocenters. The fraction of sp³-hybridized carbons (Fsp3) is 0.100. The predicted octanol–water partition coefficient (Wildman–Crippen LogP) is 4.50. The van der Waals surface area contributed by atoms with Crippen molar-refractivity contribution in [3.05, 3.63) is 83.8 Å². The number of hydrogen-bond donors (Lipinski definition) is 1. The number of hydrogen-bond acceptors (Lipinski definition) is 3. The van der Waals surface area contributed by atoms with E-state index in [0.717, 1.165) is 11.1 Å². The number of nitrogens with one attached hydrogen (secondary N) is 1. The van der Waals surface area contributed by atoms with E-state index in [1.165, 1.54) is 30.5 Å². The molecule has 0 bridgehead atoms. The van der Waals surface area contributed by atoms with Gasteiger partial charge < -0.3 is 10.1 Å². The minimum absolute atomic E-state index is 0.108. The van der Waals surface area contributed by atoms with Crippen molar-refractivity contribution in [3.8, 4) is 11.6 Å². The Kier molecular flexibility index (Phi) is 5.04. The number of benzene rings is 2. The van der Waals surface area contributed by atoms with Gasteiger partial charge in [0, 0.05) is 6.07 Å². The van der Waals surface area contributed by atoms with Crippen molar-refractivity contribution >= 4 is 11.6 Å². The summed E-state index contributed by atoms with van der Waals surface area (Å²) in [7, 11) is 0. The van der Waals surface area contributed by atoms with Crippen molar-refractivity contribution in [2.24, 2.45) is 0 Å². The van der Waals surface area contributed by atoms with E-state index < -0.39 is 0 Å². The van der Waals surface area contributed by atoms with Crippen LogP contribution in [0.25, 0.3) is 0 Å². The zero-order chi connectivity index (χ0) is 17.6. The van der Waals surface area contributed by atoms with Crippen LogP contribution in [-0.4, -0.2) is 10.9 Å². The van der Waals surface area contributed by atoms with Crippen LogP contribution in [0.2, 0.25) is 0 Å². The molecule has 1 heterocycles. The molecule has 0 atom stereocenters. The molecular formula is C20H17FN2O2. The number of nitrogens with zero attached hydrogens (tertiary/aromatic N) is 1. The van der Waals surface area contributed by atoms with E-state index in [4.69, 9.17) is 4.74 Å². The highest BCUT2D eigenvalue weighted by Crippen LogP contribution is 2.20. The average Bonchev–Trinajstić information content (AvgIpc) is 2.61. The summed E-state index contributed by atoms with van der Waals surface area (Å²) in [4.78, 5) is 16.3. The fourth-order valence-electron chi connectivity index (χ4n) is 2.32. The molecule has 3 aromatic rings. The van der Waals surface area contributed by atoms with E-state index in [9.17, 15) is 9.18 Å². The topological polar surface area (TPSA) is 51.2 Å². The zero-order valence-electron chi connectivity index (χ0n) is 13.7. The van der Waals surface area contributed by atoms with Gasteiger partial charge >= 0.3 is 0 Å². The number of amides is 1. The van der Waals surface area contributed by atoms with Gasteiger partial charge in [-0.05, 0) is 48.4 Å². The Hall–Kier alpha value is -3.21. The number of pyridine rings is 1. The molecule has 25 heavy (non-hydrogen) atoms. The van der Waals surface area contributed by atoms with Crippen LogP contribution in [-0.2, 0) is 11.2 Å². The largest absolute Gasteiger partial charge is 0.439 e. The molecule has 1 amide bonds. The lowest BCUT2D eigenvalue weighted by Gasteiger charge is -2.08. The Morgan fingerprint density at radius 1 is 1.08 bits per heavy atom. The maximum atomic E-state index is 12.9. The van der Waals surface area contributed by atoms with Gasteiger partial charge in [0.15, 0.2) is 0 Å². The van der Waals surface area contributed by atoms with Crippen molar-refractivity contribution < 1.29 is 13.9 Å². The molecule has 0 spiro atoms. The van der Waals surface area contributed by atoms with Crippen LogP contribution < -0.4 is 10.1 Å². The minimum Gasteiger partial charge on any atom is -0.439 e. The van der Waals surface area contributed by atoms with Gasteiger partial charge in [0.05, 0.1) is 18.3 Å². The van der Waals surface area contributed by atoms with Gasteiger partial charge in [-0.2, -0.15) is 0 Å². The molecule has 0 fully saturated rings. The summed E-state index contributed by atoms with van der Waals surface area (Å²) in [6.07, 6.45) is 1.83. The second kappa shape index (κ2) is 7.57. The smallest absolute Gasteiger partial charge is 0.228 e. The lowest BCUT2D eigenvalue weighted by molar-refractivity contribution is -0.115. The number of aryl methyl sites for hydroxylation is 1. The minimum atomic E-state index is -0.327. The predicted molar refractivity (Wildman–Crippen MR) is 94.2 cm³/mol. The molecule has 1 N–H and O–H groups in total. The van der Waals surface area contributed by atoms with Gasteiger partial charge in [-0.15, -0.1) is 0 Å². The SMILES string of the molecule is Cc1ccccc1CC(=O)Nc1ccc(Oc2ccc(F)cc2)nc1. The third-order valence-corrected chi connectivity index (χ3v) is 3.67. The van der Waals surface area contributed by atoms with E-state index in [2.05, 4.69) is 10.3 Å². The summed E-state index contributed by atoms with van der Waals surface area (Å²) >= 11 is 0. The molecule has 3 rings (SSSR count). The summed E-state index contributed by atoms with van der Waals surface area (Å²) in [6.45, 7) is 1.98. The number of halogens is 1. The van der Waals surface area contributed by atoms with Crippen LogP contribution in [0.4, 0.5) is 10.1 Å². The molecule has 5 heteroatoms. The standard InChI is InChI=1S/C20H17FN2O2/c1-14-4-2-3-5-15(14)12-19(24)23-17-8-11-20(22-13-17)25-18-9-6-16(21)7-10-18/h2-11,13H,12H2,1H3,(H,23,24). The first-order valence-corrected chi connectivity index (χ1v) is 7.84. The van der Waals surface area contributed by atoms with E-state index >= 15 is 0 Å². The van der Waals surface area contributed by atoms with Crippen molar-refractivity contribution in [1.82, 2.24) is 4.98 Å². The fourth-order valence-corrected chi connectivity index (χ4v) is 2.32. The van der Waals surface area contributed by atoms with Crippen LogP contribution in [0.1, 0.15) is 11.1 Å². The molecule has 4 nitrogen and oxygen atoms in total. The number of carbonyl (C=O) groups is 1. The molecule has 0 saturated carbocycles. The Labute approximate surface area is 145 Å². The highest BCUT2D eigenvalue weighted by Gasteiger charge is 2.07. The van der Waals surface area contributed by atoms with Gasteiger partial charge in [0.2, 0.25) is 11.8 Å². The van der Waals surface area contributed by atoms with Crippen LogP contribution in [0.15, 0.2) is 66.9 Å². The van der Waals surface area contributed by atoms with Crippen LogP contribution in [0.3, 0.4) is 0 Å². The third-order valence-electron chi connectivity index (χ3n) is 3.67. The number of ether oxygens (including phenoxy) is 1. The monoisotopic (exact) mass is 336 g/mol. The van der Waals surface area contributed by atoms with Gasteiger partial charge in [0.25, 0.3) is 0 Å². The maximum Gasteiger partial charge on any atom is 0.228 e. The van der Waals surface area contributed by atoms with Gasteiger partial charge in [-0.3, -0.25) is 4.79 Å². The van der Waals surface area contributed by atoms with Crippen LogP contribution in [0.5, 0.6) is 11.6 Å². The summed E-state index contributed by atoms with van der Waals surface area (Å²) in [5.74, 6) is 0.420. The first-order chi connectivity index (χ1) is 12.1. The Morgan fingerprint density at radius 3 is 2.52 bits per heavy atom. The van der Waals surface area contributed by atoms with Crippen LogP contribution in [0, 0.1) is 12.7 Å². The Bertz CT molecular complexity index is 862. The third kappa shape index (κ3) is 4.64. The van der Waals surface area contributed by atoms with E-state index in [1.54, 1.807) is 12.1 Å². The van der Waals surface area contributed by atoms with Gasteiger partial charge in [-0.1, -0.05) is 24.3 Å². The summed E-state index contributed by atoms with van der Waals surface area (Å²) in [5.41, 5.74) is 2.66. The second-order valence-electron chi connectivity index (χ2n) is 5.59. The lowest BCUT2D eigenvalue weighted by Crippen LogP contribution is -2.15. The maximum absolute atomic E-state index is 12.9. The molecule has 0 radical (unpaired) electrons. The molecular weight excluding hydrogens is 319 g/mol. The molecule has 0 aliphatic carbocycles. The van der Waals surface area contributed by atoms with E-state index in [0.29, 0.717) is 23.7 Å². The number of carbonyl (C=O) groups excluding carboxylic acids is 1. The van der Waals surface area contributed by atoms with Crippen LogP contribution >= 0.6 is 0 Å². The highest BCUT2D eigenvalue weighted by atomic mass is 19.1. The molecule has 0 saturated heterocycles. The first-order valence-electron chi connectivity index (χ1n) is 7.84. The average molecular weight is 336 g/mol. The zero-order valence-corrected chi connectivity index (χ0v) is 13.7.